The highest BCUT2D eigenvalue weighted by atomic mass is 19.1. The van der Waals surface area contributed by atoms with Crippen molar-refractivity contribution in [1.82, 2.24) is 4.90 Å². The van der Waals surface area contributed by atoms with Crippen molar-refractivity contribution in [3.05, 3.63) is 24.0 Å². The Labute approximate surface area is 118 Å². The maximum Gasteiger partial charge on any atom is 0.241 e. The smallest absolute Gasteiger partial charge is 0.241 e. The first-order chi connectivity index (χ1) is 9.70. The number of hydrogen-bond acceptors (Lipinski definition) is 3. The summed E-state index contributed by atoms with van der Waals surface area (Å²) in [6.45, 7) is 1.86. The van der Waals surface area contributed by atoms with Gasteiger partial charge in [-0.2, -0.15) is 0 Å². The summed E-state index contributed by atoms with van der Waals surface area (Å²) in [6, 6.07) is 4.60. The zero-order valence-corrected chi connectivity index (χ0v) is 11.8. The Morgan fingerprint density at radius 3 is 2.60 bits per heavy atom. The summed E-state index contributed by atoms with van der Waals surface area (Å²) >= 11 is 0. The molecule has 4 nitrogen and oxygen atoms in total. The van der Waals surface area contributed by atoms with Gasteiger partial charge in [-0.05, 0) is 25.0 Å². The number of nitrogens with zero attached hydrogens (tertiary/aromatic N) is 1. The lowest BCUT2D eigenvalue weighted by molar-refractivity contribution is -0.129. The average molecular weight is 280 g/mol. The van der Waals surface area contributed by atoms with E-state index in [1.54, 1.807) is 12.1 Å². The molecule has 5 heteroatoms. The molecule has 1 aromatic carbocycles. The molecule has 1 amide bonds. The molecule has 0 spiro atoms. The van der Waals surface area contributed by atoms with Gasteiger partial charge in [-0.3, -0.25) is 4.79 Å². The molecule has 1 fully saturated rings. The van der Waals surface area contributed by atoms with E-state index in [1.165, 1.54) is 26.0 Å². The van der Waals surface area contributed by atoms with Crippen LogP contribution in [-0.4, -0.2) is 37.6 Å². The topological polar surface area (TPSA) is 41.6 Å². The van der Waals surface area contributed by atoms with E-state index in [9.17, 15) is 9.18 Å². The summed E-state index contributed by atoms with van der Waals surface area (Å²) in [5.74, 6) is -0.155. The Morgan fingerprint density at radius 2 is 2.00 bits per heavy atom. The average Bonchev–Trinajstić information content (AvgIpc) is 2.74. The summed E-state index contributed by atoms with van der Waals surface area (Å²) in [5, 5.41) is 2.97. The van der Waals surface area contributed by atoms with Gasteiger partial charge in [0.05, 0.1) is 13.7 Å². The number of amides is 1. The lowest BCUT2D eigenvalue weighted by Crippen LogP contribution is -2.36. The van der Waals surface area contributed by atoms with Crippen LogP contribution in [0.1, 0.15) is 25.7 Å². The van der Waals surface area contributed by atoms with Gasteiger partial charge in [0.15, 0.2) is 11.6 Å². The monoisotopic (exact) mass is 280 g/mol. The van der Waals surface area contributed by atoms with Crippen LogP contribution in [-0.2, 0) is 4.79 Å². The Bertz CT molecular complexity index is 457. The van der Waals surface area contributed by atoms with Gasteiger partial charge < -0.3 is 15.0 Å². The quantitative estimate of drug-likeness (QED) is 0.922. The lowest BCUT2D eigenvalue weighted by Gasteiger charge is -2.20. The fourth-order valence-corrected chi connectivity index (χ4v) is 2.39. The second kappa shape index (κ2) is 7.12. The molecule has 0 aliphatic carbocycles. The molecule has 1 N–H and O–H groups in total. The highest BCUT2D eigenvalue weighted by molar-refractivity contribution is 5.80. The normalized spacial score (nSPS) is 15.6. The number of benzene rings is 1. The maximum atomic E-state index is 13.5. The number of carbonyl (C=O) groups excluding carboxylic acids is 1. The number of methoxy groups -OCH3 is 1. The summed E-state index contributed by atoms with van der Waals surface area (Å²) in [5.41, 5.74) is 0.589. The largest absolute Gasteiger partial charge is 0.494 e. The van der Waals surface area contributed by atoms with E-state index in [4.69, 9.17) is 4.74 Å². The highest BCUT2D eigenvalue weighted by Crippen LogP contribution is 2.20. The third kappa shape index (κ3) is 3.85. The summed E-state index contributed by atoms with van der Waals surface area (Å²) in [4.78, 5) is 14.0. The molecule has 1 heterocycles. The summed E-state index contributed by atoms with van der Waals surface area (Å²) < 4.78 is 18.4. The van der Waals surface area contributed by atoms with E-state index >= 15 is 0 Å². The van der Waals surface area contributed by atoms with Gasteiger partial charge in [0.2, 0.25) is 5.91 Å². The predicted molar refractivity (Wildman–Crippen MR) is 76.5 cm³/mol. The van der Waals surface area contributed by atoms with Crippen LogP contribution in [0, 0.1) is 5.82 Å². The second-order valence-electron chi connectivity index (χ2n) is 5.00. The molecule has 0 saturated carbocycles. The van der Waals surface area contributed by atoms with Crippen molar-refractivity contribution < 1.29 is 13.9 Å². The number of carbonyl (C=O) groups is 1. The van der Waals surface area contributed by atoms with Gasteiger partial charge in [0.25, 0.3) is 0 Å². The minimum atomic E-state index is -0.431. The van der Waals surface area contributed by atoms with E-state index < -0.39 is 5.82 Å². The van der Waals surface area contributed by atoms with Gasteiger partial charge >= 0.3 is 0 Å². The Hall–Kier alpha value is -1.78. The molecule has 0 radical (unpaired) electrons. The number of nitrogens with one attached hydrogen (secondary N) is 1. The minimum Gasteiger partial charge on any atom is -0.494 e. The third-order valence-corrected chi connectivity index (χ3v) is 3.55. The molecule has 1 saturated heterocycles. The molecule has 1 aliphatic heterocycles. The molecule has 1 aliphatic rings. The lowest BCUT2D eigenvalue weighted by atomic mass is 10.2. The zero-order valence-electron chi connectivity index (χ0n) is 11.8. The van der Waals surface area contributed by atoms with Gasteiger partial charge in [0, 0.05) is 24.8 Å². The van der Waals surface area contributed by atoms with Crippen molar-refractivity contribution in [3.8, 4) is 5.75 Å². The van der Waals surface area contributed by atoms with E-state index in [0.717, 1.165) is 25.9 Å². The molecule has 0 aromatic heterocycles. The number of hydrogen-bond donors (Lipinski definition) is 1. The third-order valence-electron chi connectivity index (χ3n) is 3.55. The van der Waals surface area contributed by atoms with Crippen molar-refractivity contribution in [2.75, 3.05) is 32.1 Å². The first-order valence-corrected chi connectivity index (χ1v) is 7.06. The Balaban J connectivity index is 1.87. The van der Waals surface area contributed by atoms with Gasteiger partial charge in [0.1, 0.15) is 0 Å². The second-order valence-corrected chi connectivity index (χ2v) is 5.00. The van der Waals surface area contributed by atoms with Gasteiger partial charge in [-0.25, -0.2) is 4.39 Å². The molecule has 20 heavy (non-hydrogen) atoms. The molecule has 0 atom stereocenters. The first-order valence-electron chi connectivity index (χ1n) is 7.06. The molecule has 2 rings (SSSR count). The van der Waals surface area contributed by atoms with Crippen molar-refractivity contribution >= 4 is 11.6 Å². The number of anilines is 1. The molecule has 0 unspecified atom stereocenters. The predicted octanol–water partition coefficient (Wildman–Crippen LogP) is 2.65. The van der Waals surface area contributed by atoms with Crippen LogP contribution in [0.25, 0.3) is 0 Å². The first kappa shape index (κ1) is 14.6. The molecule has 1 aromatic rings. The minimum absolute atomic E-state index is 0.0723. The van der Waals surface area contributed by atoms with Crippen LogP contribution in [0.2, 0.25) is 0 Å². The van der Waals surface area contributed by atoms with Crippen LogP contribution in [0.15, 0.2) is 18.2 Å². The van der Waals surface area contributed by atoms with Crippen molar-refractivity contribution in [1.29, 1.82) is 0 Å². The van der Waals surface area contributed by atoms with Crippen molar-refractivity contribution in [3.63, 3.8) is 0 Å². The summed E-state index contributed by atoms with van der Waals surface area (Å²) in [6.07, 6.45) is 4.54. The van der Waals surface area contributed by atoms with Crippen molar-refractivity contribution in [2.24, 2.45) is 0 Å². The van der Waals surface area contributed by atoms with E-state index in [1.807, 2.05) is 4.90 Å². The number of ether oxygens (including phenoxy) is 1. The Morgan fingerprint density at radius 1 is 1.30 bits per heavy atom. The summed E-state index contributed by atoms with van der Waals surface area (Å²) in [7, 11) is 1.42. The van der Waals surface area contributed by atoms with Crippen LogP contribution in [0.3, 0.4) is 0 Å². The molecule has 0 bridgehead atoms. The molecular weight excluding hydrogens is 259 g/mol. The van der Waals surface area contributed by atoms with Crippen LogP contribution in [0.5, 0.6) is 5.75 Å². The van der Waals surface area contributed by atoms with Gasteiger partial charge in [-0.15, -0.1) is 0 Å². The molecular formula is C15H21FN2O2. The fourth-order valence-electron chi connectivity index (χ4n) is 2.39. The zero-order chi connectivity index (χ0) is 14.4. The standard InChI is InChI=1S/C15H21FN2O2/c1-20-14-7-6-12(10-13(14)16)17-11-15(19)18-8-4-2-3-5-9-18/h6-7,10,17H,2-5,8-9,11H2,1H3. The van der Waals surface area contributed by atoms with Crippen LogP contribution in [0.4, 0.5) is 10.1 Å². The maximum absolute atomic E-state index is 13.5. The number of rotatable bonds is 4. The van der Waals surface area contributed by atoms with Crippen molar-refractivity contribution in [2.45, 2.75) is 25.7 Å². The van der Waals surface area contributed by atoms with E-state index in [-0.39, 0.29) is 18.2 Å². The van der Waals surface area contributed by atoms with E-state index in [0.29, 0.717) is 5.69 Å². The SMILES string of the molecule is COc1ccc(NCC(=O)N2CCCCCC2)cc1F. The number of halogens is 1. The van der Waals surface area contributed by atoms with Crippen LogP contribution < -0.4 is 10.1 Å². The number of likely N-dealkylation sites (tertiary alicyclic amines) is 1. The van der Waals surface area contributed by atoms with Gasteiger partial charge in [-0.1, -0.05) is 12.8 Å². The van der Waals surface area contributed by atoms with Crippen LogP contribution >= 0.6 is 0 Å². The van der Waals surface area contributed by atoms with E-state index in [2.05, 4.69) is 5.32 Å². The molecule has 110 valence electrons. The Kier molecular flexibility index (Phi) is 5.21. The highest BCUT2D eigenvalue weighted by Gasteiger charge is 2.15. The fraction of sp³-hybridized carbons (Fsp3) is 0.533.